The number of hydrogen-bond acceptors (Lipinski definition) is 1. The highest BCUT2D eigenvalue weighted by molar-refractivity contribution is 4.79. The van der Waals surface area contributed by atoms with Crippen LogP contribution < -0.4 is 5.73 Å². The van der Waals surface area contributed by atoms with E-state index < -0.39 is 0 Å². The molecule has 1 rings (SSSR count). The topological polar surface area (TPSA) is 33.0 Å². The van der Waals surface area contributed by atoms with Crippen LogP contribution in [0, 0.1) is 0 Å². The zero-order chi connectivity index (χ0) is 5.98. The Morgan fingerprint density at radius 2 is 2.25 bits per heavy atom. The molecule has 2 heteroatoms. The van der Waals surface area contributed by atoms with E-state index in [1.54, 1.807) is 7.11 Å². The van der Waals surface area contributed by atoms with Crippen molar-refractivity contribution in [2.75, 3.05) is 7.11 Å². The predicted octanol–water partition coefficient (Wildman–Crippen LogP) is 0.837. The van der Waals surface area contributed by atoms with Gasteiger partial charge < -0.3 is 4.74 Å². The Morgan fingerprint density at radius 1 is 1.50 bits per heavy atom. The van der Waals surface area contributed by atoms with Crippen molar-refractivity contribution in [1.29, 1.82) is 0 Å². The lowest BCUT2D eigenvalue weighted by Gasteiger charge is -2.10. The Balaban J connectivity index is 2.30. The third-order valence-corrected chi connectivity index (χ3v) is 1.76. The Morgan fingerprint density at radius 3 is 2.50 bits per heavy atom. The van der Waals surface area contributed by atoms with Gasteiger partial charge >= 0.3 is 0 Å². The average molecular weight is 114 g/mol. The van der Waals surface area contributed by atoms with Crippen molar-refractivity contribution in [2.45, 2.75) is 31.4 Å². The molecule has 2 nitrogen and oxygen atoms in total. The fourth-order valence-corrected chi connectivity index (χ4v) is 1.21. The first-order valence-electron chi connectivity index (χ1n) is 3.08. The van der Waals surface area contributed by atoms with Crippen molar-refractivity contribution in [2.24, 2.45) is 0 Å². The van der Waals surface area contributed by atoms with Gasteiger partial charge in [0.25, 0.3) is 0 Å². The fourth-order valence-electron chi connectivity index (χ4n) is 1.21. The van der Waals surface area contributed by atoms with Gasteiger partial charge in [0, 0.05) is 13.2 Å². The van der Waals surface area contributed by atoms with Gasteiger partial charge in [-0.1, -0.05) is 0 Å². The summed E-state index contributed by atoms with van der Waals surface area (Å²) < 4.78 is 5.04. The maximum atomic E-state index is 7.36. The minimum absolute atomic E-state index is 0.0556. The number of methoxy groups -OCH3 is 1. The Bertz CT molecular complexity index is 74.9. The zero-order valence-electron chi connectivity index (χ0n) is 5.18. The molecular weight excluding hydrogens is 102 g/mol. The third kappa shape index (κ3) is 1.01. The minimum Gasteiger partial charge on any atom is -0.380 e. The van der Waals surface area contributed by atoms with E-state index in [0.717, 1.165) is 12.8 Å². The molecule has 0 aromatic heterocycles. The first kappa shape index (κ1) is 6.05. The van der Waals surface area contributed by atoms with Gasteiger partial charge in [-0.3, -0.25) is 5.73 Å². The average Bonchev–Trinajstić information content (AvgIpc) is 2.14. The molecule has 1 radical (unpaired) electrons. The Kier molecular flexibility index (Phi) is 1.86. The van der Waals surface area contributed by atoms with Crippen molar-refractivity contribution >= 4 is 0 Å². The highest BCUT2D eigenvalue weighted by Crippen LogP contribution is 2.19. The van der Waals surface area contributed by atoms with E-state index in [1.807, 2.05) is 0 Å². The minimum atomic E-state index is 0.0556. The normalized spacial score (nSPS) is 38.2. The second kappa shape index (κ2) is 2.46. The molecule has 47 valence electrons. The Labute approximate surface area is 50.0 Å². The summed E-state index contributed by atoms with van der Waals surface area (Å²) in [6.07, 6.45) is 3.52. The van der Waals surface area contributed by atoms with Gasteiger partial charge in [-0.2, -0.15) is 0 Å². The first-order valence-corrected chi connectivity index (χ1v) is 3.08. The summed E-state index contributed by atoms with van der Waals surface area (Å²) >= 11 is 0. The summed E-state index contributed by atoms with van der Waals surface area (Å²) in [5, 5.41) is 0. The van der Waals surface area contributed by atoms with E-state index in [2.05, 4.69) is 0 Å². The number of nitrogens with one attached hydrogen (secondary N) is 1. The van der Waals surface area contributed by atoms with Crippen LogP contribution in [0.15, 0.2) is 0 Å². The largest absolute Gasteiger partial charge is 0.380 e. The van der Waals surface area contributed by atoms with Gasteiger partial charge in [-0.15, -0.1) is 0 Å². The van der Waals surface area contributed by atoms with E-state index in [-0.39, 0.29) is 12.1 Å². The van der Waals surface area contributed by atoms with Crippen LogP contribution in [0.2, 0.25) is 0 Å². The molecule has 0 aliphatic heterocycles. The van der Waals surface area contributed by atoms with Crippen LogP contribution in [0.1, 0.15) is 19.3 Å². The van der Waals surface area contributed by atoms with Crippen LogP contribution in [-0.4, -0.2) is 19.3 Å². The molecule has 0 aromatic rings. The van der Waals surface area contributed by atoms with Gasteiger partial charge in [0.05, 0.1) is 6.10 Å². The second-order valence-corrected chi connectivity index (χ2v) is 2.31. The number of rotatable bonds is 1. The van der Waals surface area contributed by atoms with Crippen molar-refractivity contribution in [3.63, 3.8) is 0 Å². The van der Waals surface area contributed by atoms with Crippen molar-refractivity contribution in [3.05, 3.63) is 0 Å². The van der Waals surface area contributed by atoms with E-state index in [0.29, 0.717) is 0 Å². The molecule has 1 aliphatic carbocycles. The number of hydrogen-bond donors (Lipinski definition) is 0. The first-order chi connectivity index (χ1) is 3.84. The summed E-state index contributed by atoms with van der Waals surface area (Å²) in [6, 6.07) is 0.0556. The summed E-state index contributed by atoms with van der Waals surface area (Å²) in [5.41, 5.74) is 7.36. The monoisotopic (exact) mass is 114 g/mol. The van der Waals surface area contributed by atoms with Crippen molar-refractivity contribution < 1.29 is 4.74 Å². The maximum absolute atomic E-state index is 7.36. The van der Waals surface area contributed by atoms with Gasteiger partial charge in [0.1, 0.15) is 0 Å². The molecular formula is C6H12NO. The van der Waals surface area contributed by atoms with Crippen molar-refractivity contribution in [3.8, 4) is 0 Å². The van der Waals surface area contributed by atoms with Crippen LogP contribution in [0.3, 0.4) is 0 Å². The summed E-state index contributed by atoms with van der Waals surface area (Å²) in [5.74, 6) is 0. The lowest BCUT2D eigenvalue weighted by molar-refractivity contribution is 0.0942. The summed E-state index contributed by atoms with van der Waals surface area (Å²) in [7, 11) is 1.69. The number of ether oxygens (including phenoxy) is 1. The molecule has 0 unspecified atom stereocenters. The molecule has 0 amide bonds. The van der Waals surface area contributed by atoms with Crippen LogP contribution >= 0.6 is 0 Å². The van der Waals surface area contributed by atoms with E-state index in [4.69, 9.17) is 10.5 Å². The van der Waals surface area contributed by atoms with Crippen LogP contribution in [0.4, 0.5) is 0 Å². The maximum Gasteiger partial charge on any atom is 0.0737 e. The standard InChI is InChI=1S/C6H12NO/c1-8-6-4-2-3-5(6)7/h5-7H,2-4H2,1H3/t5-,6-/m0/s1. The van der Waals surface area contributed by atoms with E-state index >= 15 is 0 Å². The summed E-state index contributed by atoms with van der Waals surface area (Å²) in [6.45, 7) is 0. The van der Waals surface area contributed by atoms with Gasteiger partial charge in [-0.05, 0) is 19.3 Å². The SMILES string of the molecule is CO[C@H]1CCC[C@@H]1[NH]. The molecule has 2 atom stereocenters. The van der Waals surface area contributed by atoms with E-state index in [1.165, 1.54) is 6.42 Å². The fraction of sp³-hybridized carbons (Fsp3) is 1.00. The molecule has 1 saturated carbocycles. The molecule has 1 N–H and O–H groups in total. The van der Waals surface area contributed by atoms with Crippen LogP contribution in [-0.2, 0) is 4.74 Å². The van der Waals surface area contributed by atoms with Crippen LogP contribution in [0.25, 0.3) is 0 Å². The molecule has 0 bridgehead atoms. The van der Waals surface area contributed by atoms with Gasteiger partial charge in [-0.25, -0.2) is 0 Å². The lowest BCUT2D eigenvalue weighted by Crippen LogP contribution is -2.22. The molecule has 8 heavy (non-hydrogen) atoms. The van der Waals surface area contributed by atoms with Gasteiger partial charge in [0.2, 0.25) is 0 Å². The smallest absolute Gasteiger partial charge is 0.0737 e. The molecule has 1 aliphatic rings. The Hall–Kier alpha value is -0.0800. The lowest BCUT2D eigenvalue weighted by atomic mass is 10.2. The second-order valence-electron chi connectivity index (χ2n) is 2.31. The highest BCUT2D eigenvalue weighted by atomic mass is 16.5. The molecule has 1 fully saturated rings. The molecule has 0 aromatic carbocycles. The third-order valence-electron chi connectivity index (χ3n) is 1.76. The molecule has 0 spiro atoms. The quantitative estimate of drug-likeness (QED) is 0.497. The molecule has 0 heterocycles. The molecule has 0 saturated heterocycles. The zero-order valence-corrected chi connectivity index (χ0v) is 5.18. The summed E-state index contributed by atoms with van der Waals surface area (Å²) in [4.78, 5) is 0. The van der Waals surface area contributed by atoms with Gasteiger partial charge in [0.15, 0.2) is 0 Å². The highest BCUT2D eigenvalue weighted by Gasteiger charge is 2.23. The van der Waals surface area contributed by atoms with E-state index in [9.17, 15) is 0 Å². The predicted molar refractivity (Wildman–Crippen MR) is 31.5 cm³/mol. The van der Waals surface area contributed by atoms with Crippen molar-refractivity contribution in [1.82, 2.24) is 5.73 Å². The van der Waals surface area contributed by atoms with Crippen LogP contribution in [0.5, 0.6) is 0 Å².